The molecule has 0 spiro atoms. The number of rotatable bonds is 2. The second-order valence-electron chi connectivity index (χ2n) is 4.36. The lowest BCUT2D eigenvalue weighted by Crippen LogP contribution is -1.84. The van der Waals surface area contributed by atoms with Gasteiger partial charge in [-0.25, -0.2) is 0 Å². The van der Waals surface area contributed by atoms with Crippen LogP contribution in [0.4, 0.5) is 0 Å². The maximum atomic E-state index is 10.5. The number of hydrogen-bond acceptors (Lipinski definition) is 1. The summed E-state index contributed by atoms with van der Waals surface area (Å²) in [6, 6.07) is 14.8. The number of carbonyl (C=O) groups is 1. The van der Waals surface area contributed by atoms with Gasteiger partial charge in [0.15, 0.2) is 0 Å². The van der Waals surface area contributed by atoms with Crippen LogP contribution < -0.4 is 0 Å². The van der Waals surface area contributed by atoms with Crippen LogP contribution in [0.5, 0.6) is 0 Å². The number of halogens is 1. The van der Waals surface area contributed by atoms with Crippen molar-refractivity contribution < 1.29 is 4.79 Å². The molecule has 1 nitrogen and oxygen atoms in total. The number of carbonyl (C=O) groups excluding carboxylic acids is 1. The zero-order valence-electron chi connectivity index (χ0n) is 9.69. The predicted molar refractivity (Wildman–Crippen MR) is 77.7 cm³/mol. The maximum absolute atomic E-state index is 10.5. The lowest BCUT2D eigenvalue weighted by atomic mass is 10.0. The van der Waals surface area contributed by atoms with Crippen LogP contribution in [0.1, 0.15) is 16.7 Å². The van der Waals surface area contributed by atoms with Crippen LogP contribution in [-0.4, -0.2) is 6.29 Å². The highest BCUT2D eigenvalue weighted by Gasteiger charge is 2.17. The summed E-state index contributed by atoms with van der Waals surface area (Å²) in [5, 5.41) is 0. The predicted octanol–water partition coefficient (Wildman–Crippen LogP) is 4.19. The van der Waals surface area contributed by atoms with Crippen LogP contribution in [-0.2, 0) is 11.2 Å². The molecule has 0 saturated heterocycles. The van der Waals surface area contributed by atoms with Crippen molar-refractivity contribution in [3.8, 4) is 11.1 Å². The Hall–Kier alpha value is -1.67. The number of allylic oxidation sites excluding steroid dienone is 1. The summed E-state index contributed by atoms with van der Waals surface area (Å²) in [5.41, 5.74) is 6.38. The molecule has 2 heteroatoms. The topological polar surface area (TPSA) is 17.1 Å². The maximum Gasteiger partial charge on any atom is 0.143 e. The van der Waals surface area contributed by atoms with Gasteiger partial charge in [-0.3, -0.25) is 4.79 Å². The van der Waals surface area contributed by atoms with Gasteiger partial charge in [0.2, 0.25) is 0 Å². The van der Waals surface area contributed by atoms with Gasteiger partial charge in [0.1, 0.15) is 6.29 Å². The summed E-state index contributed by atoms with van der Waals surface area (Å²) < 4.78 is 0.830. The zero-order chi connectivity index (χ0) is 12.5. The van der Waals surface area contributed by atoms with Gasteiger partial charge in [-0.05, 0) is 46.4 Å². The van der Waals surface area contributed by atoms with E-state index in [1.807, 2.05) is 6.07 Å². The Morgan fingerprint density at radius 3 is 2.67 bits per heavy atom. The first kappa shape index (κ1) is 11.4. The molecule has 0 atom stereocenters. The van der Waals surface area contributed by atoms with Gasteiger partial charge in [0, 0.05) is 4.48 Å². The normalized spacial score (nSPS) is 13.1. The van der Waals surface area contributed by atoms with Gasteiger partial charge in [0.05, 0.1) is 0 Å². The molecule has 88 valence electrons. The third-order valence-corrected chi connectivity index (χ3v) is 4.01. The van der Waals surface area contributed by atoms with Gasteiger partial charge in [-0.2, -0.15) is 0 Å². The minimum Gasteiger partial charge on any atom is -0.299 e. The summed E-state index contributed by atoms with van der Waals surface area (Å²) in [6.07, 6.45) is 3.30. The smallest absolute Gasteiger partial charge is 0.143 e. The van der Waals surface area contributed by atoms with Crippen LogP contribution in [0.2, 0.25) is 0 Å². The average Bonchev–Trinajstić information content (AvgIpc) is 2.76. The monoisotopic (exact) mass is 298 g/mol. The summed E-state index contributed by atoms with van der Waals surface area (Å²) in [4.78, 5) is 10.5. The zero-order valence-corrected chi connectivity index (χ0v) is 11.3. The molecule has 0 bridgehead atoms. The summed E-state index contributed by atoms with van der Waals surface area (Å²) in [5.74, 6) is 0. The van der Waals surface area contributed by atoms with Crippen LogP contribution in [0.3, 0.4) is 0 Å². The third kappa shape index (κ3) is 1.83. The molecule has 0 unspecified atom stereocenters. The van der Waals surface area contributed by atoms with Crippen molar-refractivity contribution in [2.75, 3.05) is 0 Å². The first-order valence-corrected chi connectivity index (χ1v) is 6.61. The molecule has 0 N–H and O–H groups in total. The van der Waals surface area contributed by atoms with Crippen molar-refractivity contribution in [2.45, 2.75) is 6.42 Å². The van der Waals surface area contributed by atoms with Crippen molar-refractivity contribution in [1.29, 1.82) is 0 Å². The Balaban J connectivity index is 2.09. The minimum absolute atomic E-state index is 0.798. The molecule has 2 aromatic rings. The molecule has 2 aromatic carbocycles. The number of benzene rings is 2. The van der Waals surface area contributed by atoms with Gasteiger partial charge in [-0.15, -0.1) is 0 Å². The van der Waals surface area contributed by atoms with Gasteiger partial charge in [-0.1, -0.05) is 52.3 Å². The molecular formula is C16H11BrO. The summed E-state index contributed by atoms with van der Waals surface area (Å²) in [7, 11) is 0. The molecule has 1 aliphatic rings. The molecule has 0 heterocycles. The van der Waals surface area contributed by atoms with Crippen molar-refractivity contribution in [3.05, 3.63) is 65.2 Å². The van der Waals surface area contributed by atoms with Crippen LogP contribution >= 0.6 is 15.9 Å². The SMILES string of the molecule is O=C/C=C(\Br)c1ccc2c(c1)Cc1ccccc1-2. The van der Waals surface area contributed by atoms with E-state index in [1.54, 1.807) is 0 Å². The lowest BCUT2D eigenvalue weighted by molar-refractivity contribution is -0.104. The molecule has 0 aliphatic heterocycles. The average molecular weight is 299 g/mol. The van der Waals surface area contributed by atoms with Crippen LogP contribution in [0, 0.1) is 0 Å². The van der Waals surface area contributed by atoms with Crippen molar-refractivity contribution in [3.63, 3.8) is 0 Å². The van der Waals surface area contributed by atoms with Crippen LogP contribution in [0.25, 0.3) is 15.6 Å². The summed E-state index contributed by atoms with van der Waals surface area (Å²) in [6.45, 7) is 0. The van der Waals surface area contributed by atoms with E-state index in [9.17, 15) is 4.79 Å². The molecular weight excluding hydrogens is 288 g/mol. The second kappa shape index (κ2) is 4.54. The van der Waals surface area contributed by atoms with E-state index in [1.165, 1.54) is 28.3 Å². The highest BCUT2D eigenvalue weighted by molar-refractivity contribution is 9.15. The standard InChI is InChI=1S/C16H11BrO/c17-16(7-8-18)12-5-6-15-13(10-12)9-11-3-1-2-4-14(11)15/h1-8,10H,9H2/b16-7-. The fraction of sp³-hybridized carbons (Fsp3) is 0.0625. The van der Waals surface area contributed by atoms with E-state index in [-0.39, 0.29) is 0 Å². The summed E-state index contributed by atoms with van der Waals surface area (Å²) >= 11 is 3.42. The quantitative estimate of drug-likeness (QED) is 0.512. The molecule has 1 aliphatic carbocycles. The molecule has 18 heavy (non-hydrogen) atoms. The Kier molecular flexibility index (Phi) is 2.88. The van der Waals surface area contributed by atoms with Gasteiger partial charge in [0.25, 0.3) is 0 Å². The van der Waals surface area contributed by atoms with E-state index in [2.05, 4.69) is 52.3 Å². The number of fused-ring (bicyclic) bond motifs is 3. The Bertz CT molecular complexity index is 656. The van der Waals surface area contributed by atoms with E-state index >= 15 is 0 Å². The fourth-order valence-electron chi connectivity index (χ4n) is 2.45. The number of hydrogen-bond donors (Lipinski definition) is 0. The van der Waals surface area contributed by atoms with Crippen molar-refractivity contribution in [2.24, 2.45) is 0 Å². The molecule has 0 radical (unpaired) electrons. The Morgan fingerprint density at radius 1 is 1.06 bits per heavy atom. The van der Waals surface area contributed by atoms with Crippen LogP contribution in [0.15, 0.2) is 48.5 Å². The highest BCUT2D eigenvalue weighted by Crippen LogP contribution is 2.38. The van der Waals surface area contributed by atoms with E-state index in [4.69, 9.17) is 0 Å². The molecule has 0 aromatic heterocycles. The molecule has 0 amide bonds. The molecule has 0 saturated carbocycles. The van der Waals surface area contributed by atoms with Gasteiger partial charge >= 0.3 is 0 Å². The Morgan fingerprint density at radius 2 is 1.83 bits per heavy atom. The lowest BCUT2D eigenvalue weighted by Gasteiger charge is -2.04. The second-order valence-corrected chi connectivity index (χ2v) is 5.21. The Labute approximate surface area is 114 Å². The largest absolute Gasteiger partial charge is 0.299 e. The third-order valence-electron chi connectivity index (χ3n) is 3.28. The minimum atomic E-state index is 0.798. The van der Waals surface area contributed by atoms with E-state index in [0.717, 1.165) is 22.8 Å². The first-order valence-electron chi connectivity index (χ1n) is 5.82. The number of aldehydes is 1. The fourth-order valence-corrected chi connectivity index (χ4v) is 2.80. The van der Waals surface area contributed by atoms with E-state index < -0.39 is 0 Å². The highest BCUT2D eigenvalue weighted by atomic mass is 79.9. The van der Waals surface area contributed by atoms with Crippen molar-refractivity contribution in [1.82, 2.24) is 0 Å². The van der Waals surface area contributed by atoms with Crippen molar-refractivity contribution >= 4 is 26.7 Å². The van der Waals surface area contributed by atoms with Gasteiger partial charge < -0.3 is 0 Å². The molecule has 3 rings (SSSR count). The van der Waals surface area contributed by atoms with E-state index in [0.29, 0.717) is 0 Å². The first-order chi connectivity index (χ1) is 8.79. The molecule has 0 fully saturated rings.